The van der Waals surface area contributed by atoms with E-state index in [9.17, 15) is 4.79 Å². The van der Waals surface area contributed by atoms with E-state index in [0.717, 1.165) is 65.0 Å². The van der Waals surface area contributed by atoms with Crippen molar-refractivity contribution in [3.63, 3.8) is 0 Å². The smallest absolute Gasteiger partial charge is 0.243 e. The Balaban J connectivity index is 0.00000182. The maximum Gasteiger partial charge on any atom is 0.243 e. The van der Waals surface area contributed by atoms with Gasteiger partial charge in [-0.1, -0.05) is 27.7 Å². The van der Waals surface area contributed by atoms with Crippen molar-refractivity contribution in [2.75, 3.05) is 39.3 Å². The first kappa shape index (κ1) is 25.0. The van der Waals surface area contributed by atoms with Crippen molar-refractivity contribution in [2.24, 2.45) is 23.0 Å². The van der Waals surface area contributed by atoms with Crippen LogP contribution >= 0.6 is 24.8 Å². The molecular weight excluding hydrogens is 385 g/mol. The molecule has 0 spiro atoms. The fourth-order valence-corrected chi connectivity index (χ4v) is 5.44. The van der Waals surface area contributed by atoms with E-state index in [-0.39, 0.29) is 48.2 Å². The summed E-state index contributed by atoms with van der Waals surface area (Å²) in [4.78, 5) is 17.9. The summed E-state index contributed by atoms with van der Waals surface area (Å²) < 4.78 is 5.95. The lowest BCUT2D eigenvalue weighted by atomic mass is 9.46. The van der Waals surface area contributed by atoms with Gasteiger partial charge in [0.15, 0.2) is 0 Å². The molecule has 0 aromatic heterocycles. The fourth-order valence-electron chi connectivity index (χ4n) is 5.44. The summed E-state index contributed by atoms with van der Waals surface area (Å²) in [5.41, 5.74) is 5.77. The molecule has 3 rings (SSSR count). The molecular formula is C20H39Cl2N3O2. The highest BCUT2D eigenvalue weighted by Crippen LogP contribution is 2.58. The van der Waals surface area contributed by atoms with E-state index in [1.54, 1.807) is 0 Å². The van der Waals surface area contributed by atoms with Crippen LogP contribution in [0.15, 0.2) is 0 Å². The third-order valence-electron chi connectivity index (χ3n) is 7.35. The van der Waals surface area contributed by atoms with Crippen LogP contribution in [-0.4, -0.2) is 66.7 Å². The molecule has 160 valence electrons. The molecule has 3 aliphatic rings. The van der Waals surface area contributed by atoms with Crippen molar-refractivity contribution in [1.82, 2.24) is 9.80 Å². The molecule has 2 heterocycles. The summed E-state index contributed by atoms with van der Waals surface area (Å²) in [6.07, 6.45) is 4.40. The van der Waals surface area contributed by atoms with Crippen molar-refractivity contribution in [3.8, 4) is 0 Å². The summed E-state index contributed by atoms with van der Waals surface area (Å²) in [5, 5.41) is 0. The third kappa shape index (κ3) is 4.13. The molecule has 0 aromatic rings. The van der Waals surface area contributed by atoms with Crippen LogP contribution in [0.25, 0.3) is 0 Å². The number of piperidine rings is 1. The van der Waals surface area contributed by atoms with E-state index in [4.69, 9.17) is 10.5 Å². The average molecular weight is 424 g/mol. The summed E-state index contributed by atoms with van der Waals surface area (Å²) in [6, 6.07) is 0. The van der Waals surface area contributed by atoms with Crippen molar-refractivity contribution < 1.29 is 9.53 Å². The highest BCUT2D eigenvalue weighted by molar-refractivity contribution is 5.89. The van der Waals surface area contributed by atoms with E-state index in [2.05, 4.69) is 32.6 Å². The van der Waals surface area contributed by atoms with Gasteiger partial charge in [0, 0.05) is 37.6 Å². The highest BCUT2D eigenvalue weighted by Gasteiger charge is 2.70. The second-order valence-electron chi connectivity index (χ2n) is 8.85. The van der Waals surface area contributed by atoms with Gasteiger partial charge in [-0.15, -0.1) is 24.8 Å². The summed E-state index contributed by atoms with van der Waals surface area (Å²) in [5.74, 6) is 1.07. The van der Waals surface area contributed by atoms with Crippen molar-refractivity contribution in [2.45, 2.75) is 65.0 Å². The minimum atomic E-state index is -0.746. The third-order valence-corrected chi connectivity index (χ3v) is 7.35. The van der Waals surface area contributed by atoms with Gasteiger partial charge in [-0.25, -0.2) is 0 Å². The number of nitrogens with zero attached hydrogens (tertiary/aromatic N) is 2. The van der Waals surface area contributed by atoms with E-state index < -0.39 is 5.54 Å². The summed E-state index contributed by atoms with van der Waals surface area (Å²) >= 11 is 0. The van der Waals surface area contributed by atoms with Crippen LogP contribution in [0.5, 0.6) is 0 Å². The molecule has 2 N–H and O–H groups in total. The number of carbonyl (C=O) groups excluding carboxylic acids is 1. The van der Waals surface area contributed by atoms with Gasteiger partial charge in [-0.05, 0) is 44.7 Å². The van der Waals surface area contributed by atoms with Crippen LogP contribution in [0.3, 0.4) is 0 Å². The Labute approximate surface area is 177 Å². The first-order valence-electron chi connectivity index (χ1n) is 10.3. The summed E-state index contributed by atoms with van der Waals surface area (Å²) in [6.45, 7) is 14.6. The van der Waals surface area contributed by atoms with Gasteiger partial charge in [-0.2, -0.15) is 0 Å². The molecule has 0 radical (unpaired) electrons. The zero-order valence-electron chi connectivity index (χ0n) is 17.4. The maximum absolute atomic E-state index is 13.3. The molecule has 2 aliphatic heterocycles. The zero-order valence-corrected chi connectivity index (χ0v) is 19.0. The molecule has 0 bridgehead atoms. The minimum absolute atomic E-state index is 0. The van der Waals surface area contributed by atoms with Crippen molar-refractivity contribution in [3.05, 3.63) is 0 Å². The Morgan fingerprint density at radius 1 is 1.15 bits per heavy atom. The standard InChI is InChI=1S/C20H37N3O2.2ClH/c1-5-22(6-2)14-15-9-11-23(12-10-15)18(24)20(21)16-8-7-13-25-17(16)19(20,3)4;;/h15-17H,5-14,21H2,1-4H3;2*1H. The second kappa shape index (κ2) is 9.62. The molecule has 27 heavy (non-hydrogen) atoms. The molecule has 1 saturated carbocycles. The lowest BCUT2D eigenvalue weighted by Gasteiger charge is -2.66. The summed E-state index contributed by atoms with van der Waals surface area (Å²) in [7, 11) is 0. The van der Waals surface area contributed by atoms with Gasteiger partial charge < -0.3 is 20.3 Å². The lowest BCUT2D eigenvalue weighted by Crippen LogP contribution is -2.82. The second-order valence-corrected chi connectivity index (χ2v) is 8.85. The Morgan fingerprint density at radius 3 is 2.30 bits per heavy atom. The van der Waals surface area contributed by atoms with Gasteiger partial charge in [0.05, 0.1) is 6.10 Å². The molecule has 5 nitrogen and oxygen atoms in total. The number of fused-ring (bicyclic) bond motifs is 1. The first-order valence-corrected chi connectivity index (χ1v) is 10.3. The van der Waals surface area contributed by atoms with E-state index in [0.29, 0.717) is 5.92 Å². The Morgan fingerprint density at radius 2 is 1.74 bits per heavy atom. The van der Waals surface area contributed by atoms with Crippen LogP contribution in [0.2, 0.25) is 0 Å². The number of halogens is 2. The number of amides is 1. The SMILES string of the molecule is CCN(CC)CC1CCN(C(=O)C2(N)C3CCCOC3C2(C)C)CC1.Cl.Cl. The topological polar surface area (TPSA) is 58.8 Å². The van der Waals surface area contributed by atoms with Gasteiger partial charge >= 0.3 is 0 Å². The van der Waals surface area contributed by atoms with Gasteiger partial charge in [0.1, 0.15) is 5.54 Å². The highest BCUT2D eigenvalue weighted by atomic mass is 35.5. The minimum Gasteiger partial charge on any atom is -0.377 e. The average Bonchev–Trinajstić information content (AvgIpc) is 2.65. The lowest BCUT2D eigenvalue weighted by molar-refractivity contribution is -0.230. The molecule has 3 unspecified atom stereocenters. The molecule has 3 fully saturated rings. The number of ether oxygens (including phenoxy) is 1. The molecule has 7 heteroatoms. The largest absolute Gasteiger partial charge is 0.377 e. The predicted molar refractivity (Wildman–Crippen MR) is 115 cm³/mol. The van der Waals surface area contributed by atoms with Crippen LogP contribution in [0, 0.1) is 17.3 Å². The molecule has 2 saturated heterocycles. The number of nitrogens with two attached hydrogens (primary N) is 1. The fraction of sp³-hybridized carbons (Fsp3) is 0.950. The van der Waals surface area contributed by atoms with Gasteiger partial charge in [-0.3, -0.25) is 4.79 Å². The van der Waals surface area contributed by atoms with Crippen LogP contribution in [0.4, 0.5) is 0 Å². The number of hydrogen-bond donors (Lipinski definition) is 1. The van der Waals surface area contributed by atoms with E-state index >= 15 is 0 Å². The van der Waals surface area contributed by atoms with E-state index in [1.165, 1.54) is 0 Å². The van der Waals surface area contributed by atoms with Crippen molar-refractivity contribution >= 4 is 30.7 Å². The molecule has 0 aromatic carbocycles. The van der Waals surface area contributed by atoms with Crippen LogP contribution in [-0.2, 0) is 9.53 Å². The Bertz CT molecular complexity index is 494. The van der Waals surface area contributed by atoms with Crippen LogP contribution in [0.1, 0.15) is 53.4 Å². The first-order chi connectivity index (χ1) is 11.9. The number of likely N-dealkylation sites (tertiary alicyclic amines) is 1. The number of carbonyl (C=O) groups is 1. The molecule has 1 amide bonds. The van der Waals surface area contributed by atoms with Crippen molar-refractivity contribution in [1.29, 1.82) is 0 Å². The molecule has 1 aliphatic carbocycles. The van der Waals surface area contributed by atoms with Gasteiger partial charge in [0.2, 0.25) is 5.91 Å². The number of hydrogen-bond acceptors (Lipinski definition) is 4. The number of rotatable bonds is 5. The molecule has 3 atom stereocenters. The maximum atomic E-state index is 13.3. The van der Waals surface area contributed by atoms with Gasteiger partial charge in [0.25, 0.3) is 0 Å². The quantitative estimate of drug-likeness (QED) is 0.737. The normalized spacial score (nSPS) is 32.7. The van der Waals surface area contributed by atoms with E-state index in [1.807, 2.05) is 4.90 Å². The monoisotopic (exact) mass is 423 g/mol. The Hall–Kier alpha value is -0.0700. The Kier molecular flexibility index (Phi) is 8.90. The zero-order chi connectivity index (χ0) is 18.2. The predicted octanol–water partition coefficient (Wildman–Crippen LogP) is 2.94. The van der Waals surface area contributed by atoms with Crippen LogP contribution < -0.4 is 5.73 Å².